The van der Waals surface area contributed by atoms with Crippen LogP contribution < -0.4 is 4.74 Å². The molecule has 2 aromatic rings. The minimum absolute atomic E-state index is 0.659. The van der Waals surface area contributed by atoms with E-state index in [1.807, 2.05) is 30.3 Å². The highest BCUT2D eigenvalue weighted by atomic mass is 16.5. The number of rotatable bonds is 2. The minimum atomic E-state index is 0.659. The molecular formula is C14H10NO. The standard InChI is InChI=1S/C14H10NO/c1-16-14-4-2-3-13(9-14)12-7-5-11(10-15)6-8-12/h2,4-9H,1H3. The summed E-state index contributed by atoms with van der Waals surface area (Å²) < 4.78 is 5.15. The summed E-state index contributed by atoms with van der Waals surface area (Å²) in [5.41, 5.74) is 2.65. The van der Waals surface area contributed by atoms with E-state index in [0.29, 0.717) is 5.56 Å². The van der Waals surface area contributed by atoms with Crippen LogP contribution >= 0.6 is 0 Å². The van der Waals surface area contributed by atoms with Crippen molar-refractivity contribution in [1.82, 2.24) is 0 Å². The zero-order valence-corrected chi connectivity index (χ0v) is 8.90. The van der Waals surface area contributed by atoms with Crippen LogP contribution in [-0.2, 0) is 0 Å². The van der Waals surface area contributed by atoms with Gasteiger partial charge in [-0.25, -0.2) is 0 Å². The van der Waals surface area contributed by atoms with Gasteiger partial charge in [0.15, 0.2) is 0 Å². The first-order valence-corrected chi connectivity index (χ1v) is 4.90. The van der Waals surface area contributed by atoms with Crippen molar-refractivity contribution in [2.45, 2.75) is 0 Å². The van der Waals surface area contributed by atoms with Crippen LogP contribution in [0.2, 0.25) is 0 Å². The second-order valence-electron chi connectivity index (χ2n) is 3.33. The Labute approximate surface area is 94.7 Å². The van der Waals surface area contributed by atoms with E-state index >= 15 is 0 Å². The van der Waals surface area contributed by atoms with Crippen LogP contribution in [0.5, 0.6) is 5.75 Å². The largest absolute Gasteiger partial charge is 0.497 e. The van der Waals surface area contributed by atoms with Crippen molar-refractivity contribution in [3.05, 3.63) is 54.1 Å². The number of hydrogen-bond donors (Lipinski definition) is 0. The maximum atomic E-state index is 8.70. The first-order chi connectivity index (χ1) is 7.83. The molecule has 1 radical (unpaired) electrons. The Morgan fingerprint density at radius 2 is 1.94 bits per heavy atom. The fraction of sp³-hybridized carbons (Fsp3) is 0.0714. The number of hydrogen-bond acceptors (Lipinski definition) is 2. The first-order valence-electron chi connectivity index (χ1n) is 4.90. The highest BCUT2D eigenvalue weighted by molar-refractivity contribution is 5.65. The number of benzene rings is 2. The Kier molecular flexibility index (Phi) is 2.88. The van der Waals surface area contributed by atoms with Crippen molar-refractivity contribution in [2.24, 2.45) is 0 Å². The van der Waals surface area contributed by atoms with Crippen molar-refractivity contribution >= 4 is 0 Å². The van der Waals surface area contributed by atoms with E-state index in [1.165, 1.54) is 0 Å². The molecule has 2 rings (SSSR count). The van der Waals surface area contributed by atoms with Gasteiger partial charge in [0.2, 0.25) is 0 Å². The summed E-state index contributed by atoms with van der Waals surface area (Å²) in [5, 5.41) is 8.70. The van der Waals surface area contributed by atoms with Gasteiger partial charge in [-0.15, -0.1) is 0 Å². The molecule has 2 heteroatoms. The second kappa shape index (κ2) is 4.50. The van der Waals surface area contributed by atoms with Gasteiger partial charge in [0.1, 0.15) is 5.75 Å². The fourth-order valence-corrected chi connectivity index (χ4v) is 1.46. The zero-order valence-electron chi connectivity index (χ0n) is 8.90. The third-order valence-electron chi connectivity index (χ3n) is 2.33. The van der Waals surface area contributed by atoms with Gasteiger partial charge < -0.3 is 4.74 Å². The van der Waals surface area contributed by atoms with E-state index in [4.69, 9.17) is 10.00 Å². The molecule has 0 saturated heterocycles. The molecule has 0 heterocycles. The second-order valence-corrected chi connectivity index (χ2v) is 3.33. The van der Waals surface area contributed by atoms with Crippen molar-refractivity contribution in [3.63, 3.8) is 0 Å². The number of nitrogens with zero attached hydrogens (tertiary/aromatic N) is 1. The van der Waals surface area contributed by atoms with E-state index in [0.717, 1.165) is 16.9 Å². The molecular weight excluding hydrogens is 198 g/mol. The highest BCUT2D eigenvalue weighted by Gasteiger charge is 1.99. The lowest BCUT2D eigenvalue weighted by molar-refractivity contribution is 0.415. The fourth-order valence-electron chi connectivity index (χ4n) is 1.46. The molecule has 0 saturated carbocycles. The van der Waals surface area contributed by atoms with Crippen LogP contribution in [0.15, 0.2) is 42.5 Å². The van der Waals surface area contributed by atoms with Gasteiger partial charge in [-0.1, -0.05) is 18.2 Å². The third-order valence-corrected chi connectivity index (χ3v) is 2.33. The molecule has 0 amide bonds. The van der Waals surface area contributed by atoms with Gasteiger partial charge >= 0.3 is 0 Å². The lowest BCUT2D eigenvalue weighted by Gasteiger charge is -2.04. The van der Waals surface area contributed by atoms with E-state index in [2.05, 4.69) is 12.1 Å². The maximum Gasteiger partial charge on any atom is 0.119 e. The van der Waals surface area contributed by atoms with Gasteiger partial charge in [-0.05, 0) is 41.5 Å². The Morgan fingerprint density at radius 3 is 2.56 bits per heavy atom. The lowest BCUT2D eigenvalue weighted by Crippen LogP contribution is -1.84. The highest BCUT2D eigenvalue weighted by Crippen LogP contribution is 2.23. The molecule has 0 bridgehead atoms. The summed E-state index contributed by atoms with van der Waals surface area (Å²) in [7, 11) is 1.64. The normalized spacial score (nSPS) is 9.50. The quantitative estimate of drug-likeness (QED) is 0.760. The molecule has 0 atom stereocenters. The summed E-state index contributed by atoms with van der Waals surface area (Å²) in [4.78, 5) is 0. The Balaban J connectivity index is 2.39. The molecule has 2 nitrogen and oxygen atoms in total. The topological polar surface area (TPSA) is 33.0 Å². The SMILES string of the molecule is COc1cc[c]c(-c2ccc(C#N)cc2)c1. The van der Waals surface area contributed by atoms with Crippen molar-refractivity contribution < 1.29 is 4.74 Å². The molecule has 0 spiro atoms. The summed E-state index contributed by atoms with van der Waals surface area (Å²) in [6.45, 7) is 0. The predicted molar refractivity (Wildman–Crippen MR) is 62.0 cm³/mol. The molecule has 0 aliphatic rings. The van der Waals surface area contributed by atoms with Crippen LogP contribution in [0.25, 0.3) is 11.1 Å². The van der Waals surface area contributed by atoms with E-state index in [-0.39, 0.29) is 0 Å². The summed E-state index contributed by atoms with van der Waals surface area (Å²) in [6, 6.07) is 18.2. The molecule has 0 unspecified atom stereocenters. The molecule has 77 valence electrons. The maximum absolute atomic E-state index is 8.70. The smallest absolute Gasteiger partial charge is 0.119 e. The van der Waals surface area contributed by atoms with Crippen molar-refractivity contribution in [2.75, 3.05) is 7.11 Å². The van der Waals surface area contributed by atoms with Crippen LogP contribution in [0.3, 0.4) is 0 Å². The molecule has 0 aliphatic carbocycles. The van der Waals surface area contributed by atoms with Gasteiger partial charge in [-0.2, -0.15) is 5.26 Å². The van der Waals surface area contributed by atoms with Crippen LogP contribution in [0.4, 0.5) is 0 Å². The minimum Gasteiger partial charge on any atom is -0.497 e. The Hall–Kier alpha value is -2.27. The molecule has 0 aromatic heterocycles. The number of methoxy groups -OCH3 is 1. The van der Waals surface area contributed by atoms with Crippen LogP contribution in [0.1, 0.15) is 5.56 Å². The Morgan fingerprint density at radius 1 is 1.19 bits per heavy atom. The van der Waals surface area contributed by atoms with E-state index in [1.54, 1.807) is 19.2 Å². The molecule has 16 heavy (non-hydrogen) atoms. The summed E-state index contributed by atoms with van der Waals surface area (Å²) in [6.07, 6.45) is 0. The van der Waals surface area contributed by atoms with Gasteiger partial charge in [0.05, 0.1) is 18.7 Å². The van der Waals surface area contributed by atoms with Gasteiger partial charge in [0.25, 0.3) is 0 Å². The third kappa shape index (κ3) is 2.04. The Bertz CT molecular complexity index is 523. The van der Waals surface area contributed by atoms with Crippen LogP contribution in [0, 0.1) is 17.4 Å². The predicted octanol–water partition coefficient (Wildman–Crippen LogP) is 3.03. The summed E-state index contributed by atoms with van der Waals surface area (Å²) >= 11 is 0. The van der Waals surface area contributed by atoms with Crippen molar-refractivity contribution in [1.29, 1.82) is 5.26 Å². The average Bonchev–Trinajstić information content (AvgIpc) is 2.39. The number of nitriles is 1. The van der Waals surface area contributed by atoms with Gasteiger partial charge in [0, 0.05) is 0 Å². The first kappa shape index (κ1) is 10.3. The van der Waals surface area contributed by atoms with E-state index < -0.39 is 0 Å². The van der Waals surface area contributed by atoms with Crippen molar-refractivity contribution in [3.8, 4) is 22.9 Å². The molecule has 2 aromatic carbocycles. The van der Waals surface area contributed by atoms with E-state index in [9.17, 15) is 0 Å². The summed E-state index contributed by atoms with van der Waals surface area (Å²) in [5.74, 6) is 0.804. The van der Waals surface area contributed by atoms with Gasteiger partial charge in [-0.3, -0.25) is 0 Å². The number of ether oxygens (including phenoxy) is 1. The monoisotopic (exact) mass is 208 g/mol. The molecule has 0 N–H and O–H groups in total. The average molecular weight is 208 g/mol. The molecule has 0 aliphatic heterocycles. The zero-order chi connectivity index (χ0) is 11.4. The molecule has 0 fully saturated rings. The lowest BCUT2D eigenvalue weighted by atomic mass is 10.0. The van der Waals surface area contributed by atoms with Crippen LogP contribution in [-0.4, -0.2) is 7.11 Å².